The van der Waals surface area contributed by atoms with E-state index in [1.54, 1.807) is 20.1 Å². The number of carbonyl (C=O) groups excluding carboxylic acids is 1. The van der Waals surface area contributed by atoms with Crippen LogP contribution in [0.4, 0.5) is 5.69 Å². The highest BCUT2D eigenvalue weighted by Crippen LogP contribution is 2.28. The number of methoxy groups -OCH3 is 1. The summed E-state index contributed by atoms with van der Waals surface area (Å²) in [5, 5.41) is 15.2. The molecule has 0 aliphatic carbocycles. The Bertz CT molecular complexity index is 714. The molecular weight excluding hydrogens is 332 g/mol. The molecule has 0 heterocycles. The van der Waals surface area contributed by atoms with Gasteiger partial charge in [-0.2, -0.15) is 0 Å². The van der Waals surface area contributed by atoms with E-state index in [-0.39, 0.29) is 12.5 Å². The Kier molecular flexibility index (Phi) is 7.44. The number of aryl methyl sites for hydroxylation is 1. The van der Waals surface area contributed by atoms with Gasteiger partial charge in [0.05, 0.1) is 13.2 Å². The molecule has 2 aromatic carbocycles. The Morgan fingerprint density at radius 3 is 2.54 bits per heavy atom. The minimum absolute atomic E-state index is 0.107. The molecule has 140 valence electrons. The molecule has 0 saturated heterocycles. The van der Waals surface area contributed by atoms with Crippen LogP contribution in [0.3, 0.4) is 0 Å². The summed E-state index contributed by atoms with van der Waals surface area (Å²) in [7, 11) is 1.56. The van der Waals surface area contributed by atoms with Gasteiger partial charge in [0.25, 0.3) is 5.91 Å². The quantitative estimate of drug-likeness (QED) is 0.642. The molecule has 26 heavy (non-hydrogen) atoms. The third kappa shape index (κ3) is 6.38. The zero-order valence-electron chi connectivity index (χ0n) is 15.4. The van der Waals surface area contributed by atoms with Gasteiger partial charge in [0.15, 0.2) is 18.1 Å². The van der Waals surface area contributed by atoms with E-state index in [9.17, 15) is 9.90 Å². The van der Waals surface area contributed by atoms with Crippen LogP contribution in [0.15, 0.2) is 42.5 Å². The molecule has 6 heteroatoms. The second-order valence-electron chi connectivity index (χ2n) is 6.17. The lowest BCUT2D eigenvalue weighted by atomic mass is 10.2. The van der Waals surface area contributed by atoms with E-state index in [1.807, 2.05) is 43.3 Å². The summed E-state index contributed by atoms with van der Waals surface area (Å²) in [5.74, 6) is 0.828. The van der Waals surface area contributed by atoms with Crippen molar-refractivity contribution in [3.05, 3.63) is 53.6 Å². The maximum atomic E-state index is 12.0. The summed E-state index contributed by atoms with van der Waals surface area (Å²) in [5.41, 5.74) is 2.86. The van der Waals surface area contributed by atoms with Gasteiger partial charge in [0.2, 0.25) is 0 Å². The maximum absolute atomic E-state index is 12.0. The molecule has 0 aliphatic heterocycles. The molecule has 0 aliphatic rings. The number of carbonyl (C=O) groups is 1. The van der Waals surface area contributed by atoms with Gasteiger partial charge in [0.1, 0.15) is 0 Å². The first kappa shape index (κ1) is 19.8. The number of benzene rings is 2. The molecule has 2 rings (SSSR count). The Morgan fingerprint density at radius 2 is 1.88 bits per heavy atom. The van der Waals surface area contributed by atoms with Crippen molar-refractivity contribution in [3.8, 4) is 11.5 Å². The van der Waals surface area contributed by atoms with Crippen molar-refractivity contribution in [1.82, 2.24) is 5.32 Å². The van der Waals surface area contributed by atoms with Gasteiger partial charge < -0.3 is 25.2 Å². The van der Waals surface area contributed by atoms with Gasteiger partial charge in [-0.3, -0.25) is 4.79 Å². The van der Waals surface area contributed by atoms with Gasteiger partial charge in [-0.05, 0) is 43.7 Å². The van der Waals surface area contributed by atoms with Crippen molar-refractivity contribution in [3.63, 3.8) is 0 Å². The van der Waals surface area contributed by atoms with Crippen LogP contribution in [0, 0.1) is 6.92 Å². The summed E-state index contributed by atoms with van der Waals surface area (Å²) in [4.78, 5) is 12.0. The van der Waals surface area contributed by atoms with Gasteiger partial charge in [0, 0.05) is 18.8 Å². The average molecular weight is 358 g/mol. The van der Waals surface area contributed by atoms with Crippen LogP contribution in [0.25, 0.3) is 0 Å². The summed E-state index contributed by atoms with van der Waals surface area (Å²) in [6.07, 6.45) is -0.397. The lowest BCUT2D eigenvalue weighted by molar-refractivity contribution is -0.118. The van der Waals surface area contributed by atoms with E-state index in [2.05, 4.69) is 10.6 Å². The van der Waals surface area contributed by atoms with Gasteiger partial charge in [-0.15, -0.1) is 0 Å². The van der Waals surface area contributed by atoms with E-state index < -0.39 is 6.10 Å². The largest absolute Gasteiger partial charge is 0.493 e. The minimum Gasteiger partial charge on any atom is -0.493 e. The van der Waals surface area contributed by atoms with E-state index in [1.165, 1.54) is 0 Å². The van der Waals surface area contributed by atoms with Crippen LogP contribution >= 0.6 is 0 Å². The fourth-order valence-corrected chi connectivity index (χ4v) is 2.34. The summed E-state index contributed by atoms with van der Waals surface area (Å²) in [6.45, 7) is 4.73. The molecule has 0 fully saturated rings. The van der Waals surface area contributed by atoms with E-state index in [0.717, 1.165) is 16.8 Å². The SMILES string of the molecule is COc1cc(CNCC(C)O)ccc1OCC(=O)Nc1ccc(C)cc1. The highest BCUT2D eigenvalue weighted by atomic mass is 16.5. The molecule has 6 nitrogen and oxygen atoms in total. The van der Waals surface area contributed by atoms with Crippen molar-refractivity contribution in [2.45, 2.75) is 26.5 Å². The van der Waals surface area contributed by atoms with Crippen molar-refractivity contribution in [1.29, 1.82) is 0 Å². The first-order chi connectivity index (χ1) is 12.5. The zero-order valence-corrected chi connectivity index (χ0v) is 15.4. The molecule has 1 unspecified atom stereocenters. The molecule has 0 saturated carbocycles. The summed E-state index contributed by atoms with van der Waals surface area (Å²) in [6, 6.07) is 13.1. The van der Waals surface area contributed by atoms with Crippen molar-refractivity contribution in [2.75, 3.05) is 25.6 Å². The molecule has 0 bridgehead atoms. The number of nitrogens with one attached hydrogen (secondary N) is 2. The van der Waals surface area contributed by atoms with Crippen LogP contribution in [0.1, 0.15) is 18.1 Å². The fraction of sp³-hybridized carbons (Fsp3) is 0.350. The first-order valence-corrected chi connectivity index (χ1v) is 8.53. The predicted octanol–water partition coefficient (Wildman–Crippen LogP) is 2.49. The lowest BCUT2D eigenvalue weighted by Crippen LogP contribution is -2.23. The van der Waals surface area contributed by atoms with Crippen LogP contribution < -0.4 is 20.1 Å². The number of amides is 1. The lowest BCUT2D eigenvalue weighted by Gasteiger charge is -2.13. The van der Waals surface area contributed by atoms with Crippen LogP contribution in [0.5, 0.6) is 11.5 Å². The number of rotatable bonds is 9. The molecule has 1 amide bonds. The number of anilines is 1. The van der Waals surface area contributed by atoms with E-state index in [0.29, 0.717) is 24.6 Å². The highest BCUT2D eigenvalue weighted by Gasteiger charge is 2.09. The molecule has 2 aromatic rings. The van der Waals surface area contributed by atoms with Gasteiger partial charge >= 0.3 is 0 Å². The second-order valence-corrected chi connectivity index (χ2v) is 6.17. The van der Waals surface area contributed by atoms with Gasteiger partial charge in [-0.1, -0.05) is 23.8 Å². The number of aliphatic hydroxyl groups is 1. The summed E-state index contributed by atoms with van der Waals surface area (Å²) < 4.78 is 10.9. The van der Waals surface area contributed by atoms with E-state index >= 15 is 0 Å². The Balaban J connectivity index is 1.89. The first-order valence-electron chi connectivity index (χ1n) is 8.53. The fourth-order valence-electron chi connectivity index (χ4n) is 2.34. The molecule has 1 atom stereocenters. The van der Waals surface area contributed by atoms with E-state index in [4.69, 9.17) is 9.47 Å². The average Bonchev–Trinajstić information content (AvgIpc) is 2.62. The molecule has 0 spiro atoms. The number of hydrogen-bond donors (Lipinski definition) is 3. The Hall–Kier alpha value is -2.57. The second kappa shape index (κ2) is 9.79. The van der Waals surface area contributed by atoms with Crippen LogP contribution in [0.2, 0.25) is 0 Å². The van der Waals surface area contributed by atoms with Crippen molar-refractivity contribution < 1.29 is 19.4 Å². The summed E-state index contributed by atoms with van der Waals surface area (Å²) >= 11 is 0. The monoisotopic (exact) mass is 358 g/mol. The third-order valence-corrected chi connectivity index (χ3v) is 3.69. The smallest absolute Gasteiger partial charge is 0.262 e. The van der Waals surface area contributed by atoms with Gasteiger partial charge in [-0.25, -0.2) is 0 Å². The number of ether oxygens (including phenoxy) is 2. The molecular formula is C20H26N2O4. The molecule has 0 radical (unpaired) electrons. The molecule has 0 aromatic heterocycles. The van der Waals surface area contributed by atoms with Crippen molar-refractivity contribution in [2.24, 2.45) is 0 Å². The van der Waals surface area contributed by atoms with Crippen LogP contribution in [-0.2, 0) is 11.3 Å². The third-order valence-electron chi connectivity index (χ3n) is 3.69. The maximum Gasteiger partial charge on any atom is 0.262 e. The number of hydrogen-bond acceptors (Lipinski definition) is 5. The molecule has 3 N–H and O–H groups in total. The highest BCUT2D eigenvalue weighted by molar-refractivity contribution is 5.91. The predicted molar refractivity (Wildman–Crippen MR) is 102 cm³/mol. The van der Waals surface area contributed by atoms with Crippen LogP contribution in [-0.4, -0.2) is 37.4 Å². The standard InChI is InChI=1S/C20H26N2O4/c1-14-4-7-17(8-5-14)22-20(24)13-26-18-9-6-16(10-19(18)25-3)12-21-11-15(2)23/h4-10,15,21,23H,11-13H2,1-3H3,(H,22,24). The minimum atomic E-state index is -0.397. The normalized spacial score (nSPS) is 11.7. The Labute approximate surface area is 154 Å². The Morgan fingerprint density at radius 1 is 1.15 bits per heavy atom. The van der Waals surface area contributed by atoms with Crippen molar-refractivity contribution >= 4 is 11.6 Å². The topological polar surface area (TPSA) is 79.8 Å². The number of aliphatic hydroxyl groups excluding tert-OH is 1. The zero-order chi connectivity index (χ0) is 18.9.